The lowest BCUT2D eigenvalue weighted by molar-refractivity contribution is -0.139. The maximum Gasteiger partial charge on any atom is 0.303 e. The molecular formula is C14H17ClO5. The summed E-state index contributed by atoms with van der Waals surface area (Å²) < 4.78 is 11.1. The average molecular weight is 301 g/mol. The van der Waals surface area contributed by atoms with Crippen molar-refractivity contribution in [1.29, 1.82) is 0 Å². The first kappa shape index (κ1) is 14.9. The van der Waals surface area contributed by atoms with E-state index in [0.717, 1.165) is 6.42 Å². The zero-order valence-corrected chi connectivity index (χ0v) is 11.9. The van der Waals surface area contributed by atoms with Crippen LogP contribution >= 0.6 is 11.6 Å². The summed E-state index contributed by atoms with van der Waals surface area (Å²) in [6, 6.07) is 3.26. The van der Waals surface area contributed by atoms with Crippen molar-refractivity contribution in [2.45, 2.75) is 25.9 Å². The molecule has 0 radical (unpaired) electrons. The number of fused-ring (bicyclic) bond motifs is 1. The quantitative estimate of drug-likeness (QED) is 0.894. The first-order valence-corrected chi connectivity index (χ1v) is 6.85. The highest BCUT2D eigenvalue weighted by Crippen LogP contribution is 2.40. The Morgan fingerprint density at radius 3 is 2.80 bits per heavy atom. The van der Waals surface area contributed by atoms with Gasteiger partial charge in [-0.15, -0.1) is 0 Å². The van der Waals surface area contributed by atoms with Gasteiger partial charge in [-0.25, -0.2) is 0 Å². The van der Waals surface area contributed by atoms with Gasteiger partial charge >= 0.3 is 5.97 Å². The number of benzene rings is 1. The Balaban J connectivity index is 2.26. The Morgan fingerprint density at radius 1 is 1.40 bits per heavy atom. The summed E-state index contributed by atoms with van der Waals surface area (Å²) in [4.78, 5) is 10.7. The molecule has 0 amide bonds. The van der Waals surface area contributed by atoms with E-state index in [2.05, 4.69) is 0 Å². The van der Waals surface area contributed by atoms with Crippen LogP contribution < -0.4 is 9.47 Å². The minimum atomic E-state index is -0.947. The van der Waals surface area contributed by atoms with Gasteiger partial charge in [-0.2, -0.15) is 0 Å². The van der Waals surface area contributed by atoms with E-state index in [1.54, 1.807) is 19.1 Å². The van der Waals surface area contributed by atoms with Crippen LogP contribution in [0.3, 0.4) is 0 Å². The molecule has 0 saturated carbocycles. The van der Waals surface area contributed by atoms with E-state index in [1.165, 1.54) is 0 Å². The van der Waals surface area contributed by atoms with E-state index in [-0.39, 0.29) is 6.42 Å². The zero-order chi connectivity index (χ0) is 14.7. The lowest BCUT2D eigenvalue weighted by atomic mass is 9.94. The topological polar surface area (TPSA) is 76.0 Å². The Bertz CT molecular complexity index is 503. The van der Waals surface area contributed by atoms with E-state index in [0.29, 0.717) is 35.3 Å². The minimum Gasteiger partial charge on any atom is -0.489 e. The van der Waals surface area contributed by atoms with Crippen molar-refractivity contribution in [2.24, 2.45) is 5.92 Å². The fourth-order valence-electron chi connectivity index (χ4n) is 2.14. The molecule has 1 aromatic carbocycles. The van der Waals surface area contributed by atoms with Gasteiger partial charge in [0.05, 0.1) is 30.8 Å². The Labute approximate surface area is 122 Å². The molecule has 1 aromatic rings. The van der Waals surface area contributed by atoms with E-state index in [4.69, 9.17) is 26.2 Å². The van der Waals surface area contributed by atoms with Gasteiger partial charge in [0.15, 0.2) is 11.5 Å². The van der Waals surface area contributed by atoms with Crippen LogP contribution in [0.15, 0.2) is 12.1 Å². The number of aliphatic hydroxyl groups is 1. The van der Waals surface area contributed by atoms with Gasteiger partial charge in [0.1, 0.15) is 0 Å². The SMILES string of the molecule is CC(CC(=O)O)C(O)c1cc(Cl)c2c(c1)OCCCO2. The Kier molecular flexibility index (Phi) is 4.73. The summed E-state index contributed by atoms with van der Waals surface area (Å²) in [5.74, 6) is -0.400. The third-order valence-corrected chi connectivity index (χ3v) is 3.48. The van der Waals surface area contributed by atoms with Gasteiger partial charge in [0.2, 0.25) is 0 Å². The molecular weight excluding hydrogens is 284 g/mol. The fraction of sp³-hybridized carbons (Fsp3) is 0.500. The maximum atomic E-state index is 10.7. The molecule has 2 atom stereocenters. The van der Waals surface area contributed by atoms with Crippen molar-refractivity contribution < 1.29 is 24.5 Å². The smallest absolute Gasteiger partial charge is 0.303 e. The number of rotatable bonds is 4. The molecule has 0 aromatic heterocycles. The monoisotopic (exact) mass is 300 g/mol. The van der Waals surface area contributed by atoms with Crippen molar-refractivity contribution in [3.63, 3.8) is 0 Å². The normalized spacial score (nSPS) is 17.1. The van der Waals surface area contributed by atoms with Gasteiger partial charge < -0.3 is 19.7 Å². The lowest BCUT2D eigenvalue weighted by Gasteiger charge is -2.19. The number of aliphatic carboxylic acids is 1. The van der Waals surface area contributed by atoms with Crippen LogP contribution in [0, 0.1) is 5.92 Å². The van der Waals surface area contributed by atoms with Crippen molar-refractivity contribution in [2.75, 3.05) is 13.2 Å². The molecule has 2 rings (SSSR count). The second-order valence-electron chi connectivity index (χ2n) is 4.90. The van der Waals surface area contributed by atoms with Crippen LogP contribution in [0.1, 0.15) is 31.4 Å². The van der Waals surface area contributed by atoms with Crippen molar-refractivity contribution in [3.05, 3.63) is 22.7 Å². The Hall–Kier alpha value is -1.46. The van der Waals surface area contributed by atoms with Crippen LogP contribution in [-0.4, -0.2) is 29.4 Å². The predicted octanol–water partition coefficient (Wildman–Crippen LogP) is 2.65. The molecule has 0 fully saturated rings. The predicted molar refractivity (Wildman–Crippen MR) is 73.4 cm³/mol. The van der Waals surface area contributed by atoms with Gasteiger partial charge in [-0.3, -0.25) is 4.79 Å². The molecule has 0 bridgehead atoms. The number of hydrogen-bond acceptors (Lipinski definition) is 4. The molecule has 110 valence electrons. The standard InChI is InChI=1S/C14H17ClO5/c1-8(5-12(16)17)13(18)9-6-10(15)14-11(7-9)19-3-2-4-20-14/h6-8,13,18H,2-5H2,1H3,(H,16,17). The Morgan fingerprint density at radius 2 is 2.10 bits per heavy atom. The zero-order valence-electron chi connectivity index (χ0n) is 11.1. The fourth-order valence-corrected chi connectivity index (χ4v) is 2.41. The van der Waals surface area contributed by atoms with Gasteiger partial charge in [0.25, 0.3) is 0 Å². The number of aliphatic hydroxyl groups excluding tert-OH is 1. The maximum absolute atomic E-state index is 10.7. The summed E-state index contributed by atoms with van der Waals surface area (Å²) in [6.07, 6.45) is -0.272. The number of halogens is 1. The van der Waals surface area contributed by atoms with Crippen LogP contribution in [0.25, 0.3) is 0 Å². The molecule has 1 heterocycles. The van der Waals surface area contributed by atoms with Crippen LogP contribution in [0.2, 0.25) is 5.02 Å². The number of carboxylic acid groups (broad SMARTS) is 1. The first-order valence-electron chi connectivity index (χ1n) is 6.48. The third kappa shape index (κ3) is 3.35. The summed E-state index contributed by atoms with van der Waals surface area (Å²) in [7, 11) is 0. The van der Waals surface area contributed by atoms with E-state index < -0.39 is 18.0 Å². The van der Waals surface area contributed by atoms with Gasteiger partial charge in [-0.05, 0) is 23.6 Å². The van der Waals surface area contributed by atoms with Crippen LogP contribution in [0.4, 0.5) is 0 Å². The first-order chi connectivity index (χ1) is 9.49. The molecule has 2 unspecified atom stereocenters. The van der Waals surface area contributed by atoms with E-state index in [9.17, 15) is 9.90 Å². The molecule has 1 aliphatic rings. The molecule has 6 heteroatoms. The number of hydrogen-bond donors (Lipinski definition) is 2. The second kappa shape index (κ2) is 6.33. The lowest BCUT2D eigenvalue weighted by Crippen LogP contribution is -2.14. The molecule has 0 spiro atoms. The average Bonchev–Trinajstić information content (AvgIpc) is 2.62. The highest BCUT2D eigenvalue weighted by atomic mass is 35.5. The van der Waals surface area contributed by atoms with Crippen molar-refractivity contribution in [3.8, 4) is 11.5 Å². The largest absolute Gasteiger partial charge is 0.489 e. The summed E-state index contributed by atoms with van der Waals surface area (Å²) in [5.41, 5.74) is 0.535. The highest BCUT2D eigenvalue weighted by Gasteiger charge is 2.23. The molecule has 0 aliphatic carbocycles. The van der Waals surface area contributed by atoms with Crippen LogP contribution in [0.5, 0.6) is 11.5 Å². The molecule has 1 aliphatic heterocycles. The summed E-state index contributed by atoms with van der Waals surface area (Å²) in [6.45, 7) is 2.73. The molecule has 20 heavy (non-hydrogen) atoms. The third-order valence-electron chi connectivity index (χ3n) is 3.20. The van der Waals surface area contributed by atoms with Gasteiger partial charge in [0, 0.05) is 6.42 Å². The van der Waals surface area contributed by atoms with E-state index >= 15 is 0 Å². The summed E-state index contributed by atoms with van der Waals surface area (Å²) in [5, 5.41) is 19.4. The van der Waals surface area contributed by atoms with Crippen molar-refractivity contribution in [1.82, 2.24) is 0 Å². The number of ether oxygens (including phenoxy) is 2. The minimum absolute atomic E-state index is 0.118. The molecule has 0 saturated heterocycles. The summed E-state index contributed by atoms with van der Waals surface area (Å²) >= 11 is 6.14. The molecule has 5 nitrogen and oxygen atoms in total. The number of carboxylic acids is 1. The second-order valence-corrected chi connectivity index (χ2v) is 5.31. The highest BCUT2D eigenvalue weighted by molar-refractivity contribution is 6.32. The van der Waals surface area contributed by atoms with Crippen molar-refractivity contribution >= 4 is 17.6 Å². The molecule has 2 N–H and O–H groups in total. The van der Waals surface area contributed by atoms with Crippen LogP contribution in [-0.2, 0) is 4.79 Å². The van der Waals surface area contributed by atoms with E-state index in [1.807, 2.05) is 0 Å². The number of carbonyl (C=O) groups is 1. The van der Waals surface area contributed by atoms with Gasteiger partial charge in [-0.1, -0.05) is 18.5 Å².